The van der Waals surface area contributed by atoms with Crippen LogP contribution in [0.4, 0.5) is 0 Å². The molecule has 1 atom stereocenters. The van der Waals surface area contributed by atoms with Gasteiger partial charge in [-0.3, -0.25) is 4.98 Å². The minimum Gasteiger partial charge on any atom is -0.264 e. The molecule has 0 amide bonds. The fourth-order valence-corrected chi connectivity index (χ4v) is 2.02. The van der Waals surface area contributed by atoms with Crippen LogP contribution in [-0.4, -0.2) is 9.81 Å². The van der Waals surface area contributed by atoms with Gasteiger partial charge in [-0.1, -0.05) is 41.1 Å². The lowest BCUT2D eigenvalue weighted by molar-refractivity contribution is 0.968. The largest absolute Gasteiger partial charge is 0.264 e. The van der Waals surface area contributed by atoms with E-state index in [0.29, 0.717) is 4.83 Å². The average Bonchev–Trinajstić information content (AvgIpc) is 2.18. The number of benzene rings is 1. The summed E-state index contributed by atoms with van der Waals surface area (Å²) in [4.78, 5) is 4.64. The Bertz CT molecular complexity index is 432. The second kappa shape index (κ2) is 4.09. The van der Waals surface area contributed by atoms with Crippen molar-refractivity contribution in [3.8, 4) is 0 Å². The Labute approximate surface area is 92.3 Å². The van der Waals surface area contributed by atoms with Crippen LogP contribution in [0.2, 0.25) is 0 Å². The summed E-state index contributed by atoms with van der Waals surface area (Å²) in [5.41, 5.74) is 1.38. The van der Waals surface area contributed by atoms with Gasteiger partial charge >= 0.3 is 0 Å². The summed E-state index contributed by atoms with van der Waals surface area (Å²) >= 11 is 3.58. The monoisotopic (exact) mass is 249 g/mol. The Hall–Kier alpha value is -0.890. The molecule has 0 radical (unpaired) electrons. The van der Waals surface area contributed by atoms with Crippen molar-refractivity contribution in [1.29, 1.82) is 0 Å². The summed E-state index contributed by atoms with van der Waals surface area (Å²) in [5.74, 6) is 0. The number of halogens is 1. The van der Waals surface area contributed by atoms with Crippen LogP contribution in [0, 0.1) is 0 Å². The molecule has 1 heterocycles. The van der Waals surface area contributed by atoms with Crippen molar-refractivity contribution in [2.75, 3.05) is 0 Å². The van der Waals surface area contributed by atoms with Crippen LogP contribution in [0.5, 0.6) is 0 Å². The van der Waals surface area contributed by atoms with Gasteiger partial charge in [0, 0.05) is 22.6 Å². The first-order valence-electron chi connectivity index (χ1n) is 4.73. The van der Waals surface area contributed by atoms with E-state index in [0.717, 1.165) is 6.42 Å². The molecule has 2 aromatic rings. The molecule has 0 bridgehead atoms. The van der Waals surface area contributed by atoms with E-state index in [4.69, 9.17) is 0 Å². The van der Waals surface area contributed by atoms with Gasteiger partial charge in [0.1, 0.15) is 0 Å². The lowest BCUT2D eigenvalue weighted by atomic mass is 10.0. The number of fused-ring (bicyclic) bond motifs is 1. The molecule has 0 N–H and O–H groups in total. The summed E-state index contributed by atoms with van der Waals surface area (Å²) in [6.45, 7) is 2.17. The Balaban J connectivity index is 2.53. The molecule has 1 unspecified atom stereocenters. The SMILES string of the molecule is CC(Br)Cc1cccc2cnccc12. The fraction of sp³-hybridized carbons (Fsp3) is 0.250. The van der Waals surface area contributed by atoms with E-state index in [1.54, 1.807) is 0 Å². The molecule has 0 saturated carbocycles. The Kier molecular flexibility index (Phi) is 2.82. The van der Waals surface area contributed by atoms with Crippen molar-refractivity contribution in [3.63, 3.8) is 0 Å². The van der Waals surface area contributed by atoms with Crippen molar-refractivity contribution >= 4 is 26.7 Å². The number of hydrogen-bond donors (Lipinski definition) is 0. The number of hydrogen-bond acceptors (Lipinski definition) is 1. The Morgan fingerprint density at radius 2 is 2.21 bits per heavy atom. The molecule has 2 rings (SSSR count). The number of aromatic nitrogens is 1. The van der Waals surface area contributed by atoms with E-state index in [9.17, 15) is 0 Å². The molecule has 0 aliphatic heterocycles. The van der Waals surface area contributed by atoms with Gasteiger partial charge in [-0.05, 0) is 23.4 Å². The minimum absolute atomic E-state index is 0.515. The maximum atomic E-state index is 4.12. The molecule has 0 aliphatic carbocycles. The van der Waals surface area contributed by atoms with Crippen LogP contribution >= 0.6 is 15.9 Å². The van der Waals surface area contributed by atoms with E-state index < -0.39 is 0 Å². The van der Waals surface area contributed by atoms with Gasteiger partial charge in [-0.2, -0.15) is 0 Å². The van der Waals surface area contributed by atoms with E-state index in [1.807, 2.05) is 12.4 Å². The first-order valence-corrected chi connectivity index (χ1v) is 5.64. The van der Waals surface area contributed by atoms with Crippen LogP contribution in [0.25, 0.3) is 10.8 Å². The quantitative estimate of drug-likeness (QED) is 0.742. The van der Waals surface area contributed by atoms with E-state index in [1.165, 1.54) is 16.3 Å². The summed E-state index contributed by atoms with van der Waals surface area (Å²) in [6, 6.07) is 8.46. The molecule has 72 valence electrons. The lowest BCUT2D eigenvalue weighted by Crippen LogP contribution is -1.97. The zero-order valence-electron chi connectivity index (χ0n) is 8.07. The molecule has 2 heteroatoms. The molecule has 1 aromatic heterocycles. The smallest absolute Gasteiger partial charge is 0.0346 e. The molecule has 0 aliphatic rings. The predicted molar refractivity (Wildman–Crippen MR) is 63.8 cm³/mol. The van der Waals surface area contributed by atoms with Gasteiger partial charge in [0.25, 0.3) is 0 Å². The minimum atomic E-state index is 0.515. The molecule has 0 fully saturated rings. The highest BCUT2D eigenvalue weighted by atomic mass is 79.9. The third-order valence-electron chi connectivity index (χ3n) is 2.27. The molecule has 0 spiro atoms. The van der Waals surface area contributed by atoms with E-state index in [-0.39, 0.29) is 0 Å². The molecule has 14 heavy (non-hydrogen) atoms. The number of rotatable bonds is 2. The van der Waals surface area contributed by atoms with Crippen molar-refractivity contribution in [2.45, 2.75) is 18.2 Å². The van der Waals surface area contributed by atoms with Gasteiger partial charge in [-0.15, -0.1) is 0 Å². The zero-order valence-corrected chi connectivity index (χ0v) is 9.66. The number of alkyl halides is 1. The average molecular weight is 250 g/mol. The second-order valence-electron chi connectivity index (χ2n) is 3.50. The van der Waals surface area contributed by atoms with Crippen LogP contribution in [0.1, 0.15) is 12.5 Å². The topological polar surface area (TPSA) is 12.9 Å². The van der Waals surface area contributed by atoms with Crippen LogP contribution < -0.4 is 0 Å². The van der Waals surface area contributed by atoms with Gasteiger partial charge in [0.05, 0.1) is 0 Å². The number of pyridine rings is 1. The van der Waals surface area contributed by atoms with Crippen molar-refractivity contribution in [2.24, 2.45) is 0 Å². The van der Waals surface area contributed by atoms with Crippen LogP contribution in [-0.2, 0) is 6.42 Å². The molecule has 1 nitrogen and oxygen atoms in total. The third kappa shape index (κ3) is 1.95. The summed E-state index contributed by atoms with van der Waals surface area (Å²) in [7, 11) is 0. The summed E-state index contributed by atoms with van der Waals surface area (Å²) < 4.78 is 0. The first-order chi connectivity index (χ1) is 6.77. The first kappa shape index (κ1) is 9.66. The van der Waals surface area contributed by atoms with E-state index >= 15 is 0 Å². The normalized spacial score (nSPS) is 13.0. The molecule has 1 aromatic carbocycles. The molecular formula is C12H12BrN. The summed E-state index contributed by atoms with van der Waals surface area (Å²) in [6.07, 6.45) is 4.82. The highest BCUT2D eigenvalue weighted by Crippen LogP contribution is 2.20. The Morgan fingerprint density at radius 3 is 3.00 bits per heavy atom. The van der Waals surface area contributed by atoms with Crippen molar-refractivity contribution in [1.82, 2.24) is 4.98 Å². The fourth-order valence-electron chi connectivity index (χ4n) is 1.67. The Morgan fingerprint density at radius 1 is 1.36 bits per heavy atom. The van der Waals surface area contributed by atoms with Crippen molar-refractivity contribution in [3.05, 3.63) is 42.2 Å². The van der Waals surface area contributed by atoms with Gasteiger partial charge in [0.15, 0.2) is 0 Å². The highest BCUT2D eigenvalue weighted by Gasteiger charge is 2.03. The van der Waals surface area contributed by atoms with Gasteiger partial charge < -0.3 is 0 Å². The van der Waals surface area contributed by atoms with Crippen LogP contribution in [0.15, 0.2) is 36.7 Å². The van der Waals surface area contributed by atoms with E-state index in [2.05, 4.69) is 52.1 Å². The highest BCUT2D eigenvalue weighted by molar-refractivity contribution is 9.09. The maximum absolute atomic E-state index is 4.12. The van der Waals surface area contributed by atoms with Crippen molar-refractivity contribution < 1.29 is 0 Å². The molecular weight excluding hydrogens is 238 g/mol. The second-order valence-corrected chi connectivity index (χ2v) is 5.06. The zero-order chi connectivity index (χ0) is 9.97. The van der Waals surface area contributed by atoms with Crippen LogP contribution in [0.3, 0.4) is 0 Å². The predicted octanol–water partition coefficient (Wildman–Crippen LogP) is 3.56. The lowest BCUT2D eigenvalue weighted by Gasteiger charge is -2.07. The van der Waals surface area contributed by atoms with Gasteiger partial charge in [-0.25, -0.2) is 0 Å². The maximum Gasteiger partial charge on any atom is 0.0346 e. The van der Waals surface area contributed by atoms with Gasteiger partial charge in [0.2, 0.25) is 0 Å². The standard InChI is InChI=1S/C12H12BrN/c1-9(13)7-10-3-2-4-11-8-14-6-5-12(10)11/h2-6,8-9H,7H2,1H3. The molecule has 0 saturated heterocycles. The number of nitrogens with zero attached hydrogens (tertiary/aromatic N) is 1. The summed E-state index contributed by atoms with van der Waals surface area (Å²) in [5, 5.41) is 2.53. The third-order valence-corrected chi connectivity index (χ3v) is 2.60.